The number of carbonyl (C=O) groups excluding carboxylic acids is 1. The van der Waals surface area contributed by atoms with E-state index in [1.165, 1.54) is 6.07 Å². The highest BCUT2D eigenvalue weighted by Crippen LogP contribution is 2.20. The van der Waals surface area contributed by atoms with Crippen LogP contribution in [0.2, 0.25) is 0 Å². The van der Waals surface area contributed by atoms with Crippen LogP contribution < -0.4 is 5.32 Å². The van der Waals surface area contributed by atoms with Gasteiger partial charge in [0.15, 0.2) is 0 Å². The van der Waals surface area contributed by atoms with Crippen molar-refractivity contribution in [2.45, 2.75) is 45.6 Å². The van der Waals surface area contributed by atoms with Crippen molar-refractivity contribution in [2.24, 2.45) is 0 Å². The van der Waals surface area contributed by atoms with E-state index in [2.05, 4.69) is 22.4 Å². The fourth-order valence-corrected chi connectivity index (χ4v) is 3.27. The van der Waals surface area contributed by atoms with Crippen molar-refractivity contribution in [1.29, 1.82) is 0 Å². The molecule has 0 aliphatic carbocycles. The molecule has 1 unspecified atom stereocenters. The Morgan fingerprint density at radius 3 is 3.00 bits per heavy atom. The zero-order valence-electron chi connectivity index (χ0n) is 15.3. The van der Waals surface area contributed by atoms with Crippen molar-refractivity contribution >= 4 is 5.91 Å². The first-order valence-electron chi connectivity index (χ1n) is 9.17. The molecular weight excluding hydrogens is 335 g/mol. The fourth-order valence-electron chi connectivity index (χ4n) is 3.27. The highest BCUT2D eigenvalue weighted by molar-refractivity contribution is 5.76. The van der Waals surface area contributed by atoms with Crippen LogP contribution in [-0.2, 0) is 11.2 Å². The Balaban J connectivity index is 1.61. The normalized spacial score (nSPS) is 16.8. The molecule has 1 N–H and O–H groups in total. The van der Waals surface area contributed by atoms with Gasteiger partial charge >= 0.3 is 0 Å². The van der Waals surface area contributed by atoms with Crippen LogP contribution >= 0.6 is 0 Å². The summed E-state index contributed by atoms with van der Waals surface area (Å²) in [6.45, 7) is 6.37. The number of rotatable bonds is 7. The SMILES string of the molecule is CCCN(C(=O)CCc1nc(-c2ccc(F)c(C)c2)no1)C1CCNC1. The largest absolute Gasteiger partial charge is 0.339 e. The lowest BCUT2D eigenvalue weighted by Crippen LogP contribution is -2.42. The van der Waals surface area contributed by atoms with Crippen LogP contribution in [0.3, 0.4) is 0 Å². The summed E-state index contributed by atoms with van der Waals surface area (Å²) in [5.74, 6) is 0.704. The quantitative estimate of drug-likeness (QED) is 0.822. The van der Waals surface area contributed by atoms with Gasteiger partial charge in [0, 0.05) is 37.5 Å². The van der Waals surface area contributed by atoms with Gasteiger partial charge in [0.1, 0.15) is 5.82 Å². The molecule has 1 aliphatic heterocycles. The van der Waals surface area contributed by atoms with E-state index >= 15 is 0 Å². The minimum Gasteiger partial charge on any atom is -0.339 e. The van der Waals surface area contributed by atoms with Crippen molar-refractivity contribution in [2.75, 3.05) is 19.6 Å². The maximum absolute atomic E-state index is 13.4. The van der Waals surface area contributed by atoms with Crippen molar-refractivity contribution in [1.82, 2.24) is 20.4 Å². The molecular formula is C19H25FN4O2. The molecule has 0 radical (unpaired) electrons. The van der Waals surface area contributed by atoms with Gasteiger partial charge in [0.25, 0.3) is 0 Å². The van der Waals surface area contributed by atoms with Gasteiger partial charge in [-0.2, -0.15) is 4.98 Å². The molecule has 0 saturated carbocycles. The topological polar surface area (TPSA) is 71.3 Å². The van der Waals surface area contributed by atoms with E-state index in [0.29, 0.717) is 35.7 Å². The van der Waals surface area contributed by atoms with Crippen molar-refractivity contribution < 1.29 is 13.7 Å². The lowest BCUT2D eigenvalue weighted by atomic mass is 10.1. The van der Waals surface area contributed by atoms with Gasteiger partial charge in [-0.05, 0) is 50.1 Å². The monoisotopic (exact) mass is 360 g/mol. The summed E-state index contributed by atoms with van der Waals surface area (Å²) in [4.78, 5) is 18.9. The first-order chi connectivity index (χ1) is 12.6. The van der Waals surface area contributed by atoms with Crippen molar-refractivity contribution in [3.63, 3.8) is 0 Å². The van der Waals surface area contributed by atoms with E-state index in [1.54, 1.807) is 19.1 Å². The summed E-state index contributed by atoms with van der Waals surface area (Å²) in [5, 5.41) is 7.26. The third-order valence-corrected chi connectivity index (χ3v) is 4.70. The minimum atomic E-state index is -0.263. The average Bonchev–Trinajstić information content (AvgIpc) is 3.32. The third-order valence-electron chi connectivity index (χ3n) is 4.70. The second kappa shape index (κ2) is 8.40. The van der Waals surface area contributed by atoms with Crippen LogP contribution in [0.5, 0.6) is 0 Å². The van der Waals surface area contributed by atoms with E-state index in [1.807, 2.05) is 4.90 Å². The van der Waals surface area contributed by atoms with Gasteiger partial charge < -0.3 is 14.7 Å². The Kier molecular flexibility index (Phi) is 5.98. The van der Waals surface area contributed by atoms with Crippen LogP contribution in [0.15, 0.2) is 22.7 Å². The summed E-state index contributed by atoms with van der Waals surface area (Å²) in [7, 11) is 0. The zero-order valence-corrected chi connectivity index (χ0v) is 15.3. The van der Waals surface area contributed by atoms with Crippen LogP contribution in [0.1, 0.15) is 37.6 Å². The number of aryl methyl sites for hydroxylation is 2. The number of carbonyl (C=O) groups is 1. The van der Waals surface area contributed by atoms with Gasteiger partial charge in [-0.15, -0.1) is 0 Å². The first-order valence-corrected chi connectivity index (χ1v) is 9.17. The molecule has 1 aromatic heterocycles. The van der Waals surface area contributed by atoms with Crippen molar-refractivity contribution in [3.05, 3.63) is 35.5 Å². The van der Waals surface area contributed by atoms with E-state index in [9.17, 15) is 9.18 Å². The fraction of sp³-hybridized carbons (Fsp3) is 0.526. The van der Waals surface area contributed by atoms with Gasteiger partial charge in [-0.25, -0.2) is 4.39 Å². The summed E-state index contributed by atoms with van der Waals surface area (Å²) in [5.41, 5.74) is 1.24. The highest BCUT2D eigenvalue weighted by Gasteiger charge is 2.26. The van der Waals surface area contributed by atoms with E-state index in [-0.39, 0.29) is 17.8 Å². The number of nitrogens with one attached hydrogen (secondary N) is 1. The molecule has 1 amide bonds. The number of nitrogens with zero attached hydrogens (tertiary/aromatic N) is 3. The number of amides is 1. The number of halogens is 1. The average molecular weight is 360 g/mol. The molecule has 1 saturated heterocycles. The number of hydrogen-bond acceptors (Lipinski definition) is 5. The summed E-state index contributed by atoms with van der Waals surface area (Å²) < 4.78 is 18.7. The van der Waals surface area contributed by atoms with Gasteiger partial charge in [-0.3, -0.25) is 4.79 Å². The predicted octanol–water partition coefficient (Wildman–Crippen LogP) is 2.72. The molecule has 7 heteroatoms. The maximum atomic E-state index is 13.4. The lowest BCUT2D eigenvalue weighted by molar-refractivity contribution is -0.133. The molecule has 1 aliphatic rings. The Morgan fingerprint density at radius 2 is 2.31 bits per heavy atom. The Labute approximate surface area is 152 Å². The van der Waals surface area contributed by atoms with E-state index in [4.69, 9.17) is 4.52 Å². The van der Waals surface area contributed by atoms with Crippen LogP contribution in [0.4, 0.5) is 4.39 Å². The molecule has 1 fully saturated rings. The predicted molar refractivity (Wildman–Crippen MR) is 96.0 cm³/mol. The van der Waals surface area contributed by atoms with E-state index in [0.717, 1.165) is 32.5 Å². The molecule has 0 spiro atoms. The van der Waals surface area contributed by atoms with Crippen LogP contribution in [-0.4, -0.2) is 46.6 Å². The minimum absolute atomic E-state index is 0.123. The molecule has 2 heterocycles. The van der Waals surface area contributed by atoms with Gasteiger partial charge in [0.2, 0.25) is 17.6 Å². The number of hydrogen-bond donors (Lipinski definition) is 1. The zero-order chi connectivity index (χ0) is 18.5. The van der Waals surface area contributed by atoms with E-state index < -0.39 is 0 Å². The standard InChI is InChI=1S/C19H25FN4O2/c1-3-10-24(15-8-9-21-12-15)18(25)7-6-17-22-19(23-26-17)14-4-5-16(20)13(2)11-14/h4-5,11,15,21H,3,6-10,12H2,1-2H3. The molecule has 140 valence electrons. The number of aromatic nitrogens is 2. The smallest absolute Gasteiger partial charge is 0.227 e. The number of benzene rings is 1. The molecule has 26 heavy (non-hydrogen) atoms. The molecule has 3 rings (SSSR count). The van der Waals surface area contributed by atoms with Gasteiger partial charge in [-0.1, -0.05) is 12.1 Å². The molecule has 2 aromatic rings. The first kappa shape index (κ1) is 18.5. The second-order valence-electron chi connectivity index (χ2n) is 6.71. The highest BCUT2D eigenvalue weighted by atomic mass is 19.1. The molecule has 6 nitrogen and oxygen atoms in total. The molecule has 0 bridgehead atoms. The Bertz CT molecular complexity index is 756. The van der Waals surface area contributed by atoms with Crippen LogP contribution in [0, 0.1) is 12.7 Å². The Morgan fingerprint density at radius 1 is 1.46 bits per heavy atom. The third kappa shape index (κ3) is 4.27. The van der Waals surface area contributed by atoms with Crippen molar-refractivity contribution in [3.8, 4) is 11.4 Å². The summed E-state index contributed by atoms with van der Waals surface area (Å²) in [6, 6.07) is 4.98. The maximum Gasteiger partial charge on any atom is 0.227 e. The second-order valence-corrected chi connectivity index (χ2v) is 6.71. The Hall–Kier alpha value is -2.28. The van der Waals surface area contributed by atoms with Crippen LogP contribution in [0.25, 0.3) is 11.4 Å². The molecule has 1 atom stereocenters. The summed E-state index contributed by atoms with van der Waals surface area (Å²) in [6.07, 6.45) is 2.70. The molecule has 1 aromatic carbocycles. The van der Waals surface area contributed by atoms with Gasteiger partial charge in [0.05, 0.1) is 0 Å². The summed E-state index contributed by atoms with van der Waals surface area (Å²) >= 11 is 0. The lowest BCUT2D eigenvalue weighted by Gasteiger charge is -2.28.